The van der Waals surface area contributed by atoms with Crippen LogP contribution in [0.1, 0.15) is 56.1 Å². The normalized spacial score (nSPS) is 44.8. The first-order valence-electron chi connectivity index (χ1n) is 8.57. The van der Waals surface area contributed by atoms with Crippen LogP contribution in [0.15, 0.2) is 24.3 Å². The van der Waals surface area contributed by atoms with Crippen LogP contribution >= 0.6 is 0 Å². The van der Waals surface area contributed by atoms with Crippen molar-refractivity contribution in [2.75, 3.05) is 0 Å². The Labute approximate surface area is 126 Å². The minimum atomic E-state index is -1.01. The van der Waals surface area contributed by atoms with Gasteiger partial charge in [-0.1, -0.05) is 31.2 Å². The van der Waals surface area contributed by atoms with Gasteiger partial charge < -0.3 is 5.11 Å². The van der Waals surface area contributed by atoms with E-state index in [2.05, 4.69) is 31.2 Å². The molecule has 3 aliphatic rings. The SMILES string of the molecule is CC[C@]12CC[C@@H]3c4ccccc4CC[C@H]3[C@@H]1C[C@@H](F)[C@@H]2O. The molecular weight excluding hydrogens is 263 g/mol. The summed E-state index contributed by atoms with van der Waals surface area (Å²) in [5, 5.41) is 10.5. The van der Waals surface area contributed by atoms with Gasteiger partial charge in [0.1, 0.15) is 6.17 Å². The van der Waals surface area contributed by atoms with Gasteiger partial charge in [0.2, 0.25) is 0 Å². The van der Waals surface area contributed by atoms with Crippen molar-refractivity contribution in [3.63, 3.8) is 0 Å². The number of rotatable bonds is 1. The number of halogens is 1. The second kappa shape index (κ2) is 4.81. The molecule has 0 radical (unpaired) electrons. The van der Waals surface area contributed by atoms with Crippen LogP contribution in [0.4, 0.5) is 4.39 Å². The van der Waals surface area contributed by atoms with Gasteiger partial charge in [-0.15, -0.1) is 0 Å². The van der Waals surface area contributed by atoms with Crippen molar-refractivity contribution in [2.24, 2.45) is 17.3 Å². The third kappa shape index (κ3) is 1.78. The molecule has 3 aliphatic carbocycles. The van der Waals surface area contributed by atoms with Gasteiger partial charge in [0.15, 0.2) is 0 Å². The Morgan fingerprint density at radius 2 is 2.10 bits per heavy atom. The number of aliphatic hydroxyl groups excluding tert-OH is 1. The highest BCUT2D eigenvalue weighted by atomic mass is 19.1. The molecule has 2 saturated carbocycles. The van der Waals surface area contributed by atoms with E-state index in [4.69, 9.17) is 0 Å². The number of aliphatic hydroxyl groups is 1. The number of alkyl halides is 1. The van der Waals surface area contributed by atoms with E-state index in [1.807, 2.05) is 0 Å². The lowest BCUT2D eigenvalue weighted by molar-refractivity contribution is -0.0520. The van der Waals surface area contributed by atoms with Crippen LogP contribution in [-0.4, -0.2) is 17.4 Å². The number of fused-ring (bicyclic) bond motifs is 5. The largest absolute Gasteiger partial charge is 0.390 e. The summed E-state index contributed by atoms with van der Waals surface area (Å²) in [6.07, 6.45) is 4.18. The first-order chi connectivity index (χ1) is 10.2. The first kappa shape index (κ1) is 13.8. The van der Waals surface area contributed by atoms with E-state index in [-0.39, 0.29) is 5.41 Å². The molecule has 6 atom stereocenters. The van der Waals surface area contributed by atoms with E-state index >= 15 is 0 Å². The maximum absolute atomic E-state index is 14.3. The number of benzene rings is 1. The summed E-state index contributed by atoms with van der Waals surface area (Å²) in [4.78, 5) is 0. The lowest BCUT2D eigenvalue weighted by Gasteiger charge is -2.51. The zero-order chi connectivity index (χ0) is 14.6. The number of hydrogen-bond acceptors (Lipinski definition) is 1. The Hall–Kier alpha value is -0.890. The van der Waals surface area contributed by atoms with E-state index in [0.29, 0.717) is 24.2 Å². The molecule has 0 spiro atoms. The van der Waals surface area contributed by atoms with Crippen molar-refractivity contribution in [3.05, 3.63) is 35.4 Å². The van der Waals surface area contributed by atoms with Gasteiger partial charge in [-0.3, -0.25) is 0 Å². The zero-order valence-corrected chi connectivity index (χ0v) is 12.8. The van der Waals surface area contributed by atoms with E-state index in [9.17, 15) is 9.50 Å². The van der Waals surface area contributed by atoms with Crippen LogP contribution < -0.4 is 0 Å². The zero-order valence-electron chi connectivity index (χ0n) is 12.8. The van der Waals surface area contributed by atoms with Gasteiger partial charge in [-0.2, -0.15) is 0 Å². The monoisotopic (exact) mass is 288 g/mol. The summed E-state index contributed by atoms with van der Waals surface area (Å²) < 4.78 is 14.3. The average molecular weight is 288 g/mol. The molecule has 21 heavy (non-hydrogen) atoms. The summed E-state index contributed by atoms with van der Waals surface area (Å²) in [5.74, 6) is 1.54. The van der Waals surface area contributed by atoms with Gasteiger partial charge in [-0.25, -0.2) is 4.39 Å². The topological polar surface area (TPSA) is 20.2 Å². The van der Waals surface area contributed by atoms with Gasteiger partial charge in [-0.05, 0) is 67.4 Å². The van der Waals surface area contributed by atoms with Crippen LogP contribution in [0.25, 0.3) is 0 Å². The van der Waals surface area contributed by atoms with Crippen LogP contribution in [0.5, 0.6) is 0 Å². The van der Waals surface area contributed by atoms with Gasteiger partial charge in [0, 0.05) is 5.41 Å². The van der Waals surface area contributed by atoms with E-state index in [0.717, 1.165) is 25.7 Å². The summed E-state index contributed by atoms with van der Waals surface area (Å²) in [7, 11) is 0. The number of hydrogen-bond donors (Lipinski definition) is 1. The Balaban J connectivity index is 1.72. The van der Waals surface area contributed by atoms with Crippen molar-refractivity contribution in [2.45, 2.75) is 63.6 Å². The molecule has 4 rings (SSSR count). The molecule has 0 heterocycles. The average Bonchev–Trinajstić information content (AvgIpc) is 2.79. The van der Waals surface area contributed by atoms with Crippen molar-refractivity contribution < 1.29 is 9.50 Å². The fraction of sp³-hybridized carbons (Fsp3) is 0.684. The predicted molar refractivity (Wildman–Crippen MR) is 82.0 cm³/mol. The van der Waals surface area contributed by atoms with Crippen molar-refractivity contribution in [3.8, 4) is 0 Å². The van der Waals surface area contributed by atoms with E-state index in [1.165, 1.54) is 17.5 Å². The van der Waals surface area contributed by atoms with Crippen molar-refractivity contribution in [1.82, 2.24) is 0 Å². The fourth-order valence-corrected chi connectivity index (χ4v) is 5.92. The van der Waals surface area contributed by atoms with Crippen molar-refractivity contribution >= 4 is 0 Å². The predicted octanol–water partition coefficient (Wildman–Crippen LogP) is 4.24. The van der Waals surface area contributed by atoms with Crippen LogP contribution in [-0.2, 0) is 6.42 Å². The molecule has 0 saturated heterocycles. The molecule has 1 aromatic rings. The molecule has 2 fully saturated rings. The summed E-state index contributed by atoms with van der Waals surface area (Å²) in [6.45, 7) is 2.14. The minimum Gasteiger partial charge on any atom is -0.390 e. The standard InChI is InChI=1S/C19H25FO/c1-2-19-10-9-14-13-6-4-3-5-12(13)7-8-15(14)16(19)11-17(20)18(19)21/h3-6,14-18,21H,2,7-11H2,1H3/t14-,15-,16+,17-,18+,19+/m1/s1. The lowest BCUT2D eigenvalue weighted by Crippen LogP contribution is -2.46. The highest BCUT2D eigenvalue weighted by Crippen LogP contribution is 2.62. The molecule has 0 aliphatic heterocycles. The second-order valence-electron chi connectivity index (χ2n) is 7.44. The van der Waals surface area contributed by atoms with Gasteiger partial charge in [0.05, 0.1) is 6.10 Å². The molecule has 1 nitrogen and oxygen atoms in total. The van der Waals surface area contributed by atoms with E-state index in [1.54, 1.807) is 0 Å². The Kier molecular flexibility index (Phi) is 3.15. The molecule has 2 heteroatoms. The lowest BCUT2D eigenvalue weighted by atomic mass is 9.54. The highest BCUT2D eigenvalue weighted by Gasteiger charge is 2.59. The molecule has 114 valence electrons. The third-order valence-electron chi connectivity index (χ3n) is 6.96. The fourth-order valence-electron chi connectivity index (χ4n) is 5.92. The minimum absolute atomic E-state index is 0.146. The molecule has 0 aromatic heterocycles. The van der Waals surface area contributed by atoms with Crippen LogP contribution in [0.2, 0.25) is 0 Å². The van der Waals surface area contributed by atoms with Crippen LogP contribution in [0, 0.1) is 17.3 Å². The molecule has 1 aromatic carbocycles. The highest BCUT2D eigenvalue weighted by molar-refractivity contribution is 5.35. The second-order valence-corrected chi connectivity index (χ2v) is 7.44. The smallest absolute Gasteiger partial charge is 0.127 e. The Morgan fingerprint density at radius 1 is 1.29 bits per heavy atom. The molecule has 0 bridgehead atoms. The third-order valence-corrected chi connectivity index (χ3v) is 6.96. The summed E-state index contributed by atoms with van der Waals surface area (Å²) in [6, 6.07) is 8.82. The van der Waals surface area contributed by atoms with E-state index < -0.39 is 12.3 Å². The van der Waals surface area contributed by atoms with Crippen molar-refractivity contribution in [1.29, 1.82) is 0 Å². The summed E-state index contributed by atoms with van der Waals surface area (Å²) in [5.41, 5.74) is 2.86. The molecular formula is C19H25FO. The maximum Gasteiger partial charge on any atom is 0.127 e. The Morgan fingerprint density at radius 3 is 2.90 bits per heavy atom. The summed E-state index contributed by atoms with van der Waals surface area (Å²) >= 11 is 0. The van der Waals surface area contributed by atoms with Gasteiger partial charge >= 0.3 is 0 Å². The molecule has 0 unspecified atom stereocenters. The van der Waals surface area contributed by atoms with Crippen LogP contribution in [0.3, 0.4) is 0 Å². The van der Waals surface area contributed by atoms with Gasteiger partial charge in [0.25, 0.3) is 0 Å². The first-order valence-corrected chi connectivity index (χ1v) is 8.57. The maximum atomic E-state index is 14.3. The molecule has 1 N–H and O–H groups in total. The quantitative estimate of drug-likeness (QED) is 0.819. The molecule has 0 amide bonds. The number of aryl methyl sites for hydroxylation is 1. The Bertz CT molecular complexity index is 542.